The molecule has 1 unspecified atom stereocenters. The first-order chi connectivity index (χ1) is 9.24. The number of rotatable bonds is 5. The van der Waals surface area contributed by atoms with E-state index in [1.54, 1.807) is 18.1 Å². The number of ether oxygens (including phenoxy) is 1. The number of hydrogen-bond acceptors (Lipinski definition) is 4. The number of methoxy groups -OCH3 is 1. The third kappa shape index (κ3) is 3.44. The molecule has 1 aliphatic heterocycles. The van der Waals surface area contributed by atoms with Crippen molar-refractivity contribution >= 4 is 11.7 Å². The largest absolute Gasteiger partial charge is 0.380 e. The molecule has 0 saturated carbocycles. The number of hydrogen-bond donors (Lipinski definition) is 1. The molecular weight excluding hydrogens is 242 g/mol. The van der Waals surface area contributed by atoms with E-state index >= 15 is 0 Å². The highest BCUT2D eigenvalue weighted by Gasteiger charge is 2.27. The zero-order valence-electron chi connectivity index (χ0n) is 11.6. The number of carbonyl (C=O) groups excluding carboxylic acids is 1. The van der Waals surface area contributed by atoms with Crippen molar-refractivity contribution in [2.75, 3.05) is 32.1 Å². The number of aromatic nitrogens is 1. The Morgan fingerprint density at radius 1 is 1.58 bits per heavy atom. The lowest BCUT2D eigenvalue weighted by molar-refractivity contribution is 0.0719. The van der Waals surface area contributed by atoms with Crippen molar-refractivity contribution in [3.8, 4) is 0 Å². The molecule has 5 nitrogen and oxygen atoms in total. The van der Waals surface area contributed by atoms with Gasteiger partial charge in [0.05, 0.1) is 6.10 Å². The molecule has 0 spiro atoms. The summed E-state index contributed by atoms with van der Waals surface area (Å²) in [5.41, 5.74) is 0.498. The van der Waals surface area contributed by atoms with Crippen molar-refractivity contribution in [2.45, 2.75) is 25.9 Å². The van der Waals surface area contributed by atoms with Crippen LogP contribution in [0.5, 0.6) is 0 Å². The van der Waals surface area contributed by atoms with Crippen LogP contribution in [0.3, 0.4) is 0 Å². The first kappa shape index (κ1) is 13.8. The van der Waals surface area contributed by atoms with E-state index in [1.807, 2.05) is 12.1 Å². The number of nitrogens with zero attached hydrogens (tertiary/aromatic N) is 2. The van der Waals surface area contributed by atoms with E-state index in [0.717, 1.165) is 31.7 Å². The summed E-state index contributed by atoms with van der Waals surface area (Å²) in [4.78, 5) is 18.5. The van der Waals surface area contributed by atoms with Crippen LogP contribution < -0.4 is 5.32 Å². The lowest BCUT2D eigenvalue weighted by Crippen LogP contribution is -2.30. The van der Waals surface area contributed by atoms with Gasteiger partial charge in [-0.2, -0.15) is 0 Å². The van der Waals surface area contributed by atoms with E-state index in [9.17, 15) is 4.79 Å². The maximum Gasteiger partial charge on any atom is 0.272 e. The Labute approximate surface area is 114 Å². The van der Waals surface area contributed by atoms with E-state index in [2.05, 4.69) is 17.2 Å². The molecular formula is C14H21N3O2. The molecule has 1 fully saturated rings. The van der Waals surface area contributed by atoms with Crippen LogP contribution in [0.2, 0.25) is 0 Å². The molecule has 104 valence electrons. The van der Waals surface area contributed by atoms with Crippen molar-refractivity contribution < 1.29 is 9.53 Å². The van der Waals surface area contributed by atoms with Gasteiger partial charge in [0, 0.05) is 26.7 Å². The minimum absolute atomic E-state index is 0.0142. The minimum atomic E-state index is -0.0142. The normalized spacial score (nSPS) is 18.6. The molecule has 2 rings (SSSR count). The summed E-state index contributed by atoms with van der Waals surface area (Å²) < 4.78 is 5.28. The molecule has 0 radical (unpaired) electrons. The second-order valence-corrected chi connectivity index (χ2v) is 4.73. The molecule has 0 aliphatic carbocycles. The summed E-state index contributed by atoms with van der Waals surface area (Å²) in [7, 11) is 1.69. The maximum atomic E-state index is 12.3. The van der Waals surface area contributed by atoms with Crippen molar-refractivity contribution in [3.63, 3.8) is 0 Å². The first-order valence-corrected chi connectivity index (χ1v) is 6.77. The Balaban J connectivity index is 2.02. The van der Waals surface area contributed by atoms with E-state index in [0.29, 0.717) is 12.2 Å². The van der Waals surface area contributed by atoms with E-state index in [1.165, 1.54) is 0 Å². The highest BCUT2D eigenvalue weighted by molar-refractivity contribution is 5.92. The maximum absolute atomic E-state index is 12.3. The van der Waals surface area contributed by atoms with Crippen LogP contribution in [0.4, 0.5) is 5.82 Å². The second-order valence-electron chi connectivity index (χ2n) is 4.73. The molecule has 5 heteroatoms. The molecule has 1 aromatic rings. The number of nitrogens with one attached hydrogen (secondary N) is 1. The fraction of sp³-hybridized carbons (Fsp3) is 0.571. The summed E-state index contributed by atoms with van der Waals surface area (Å²) in [6, 6.07) is 5.51. The predicted molar refractivity (Wildman–Crippen MR) is 74.3 cm³/mol. The number of carbonyl (C=O) groups is 1. The summed E-state index contributed by atoms with van der Waals surface area (Å²) in [5, 5.41) is 3.19. The van der Waals surface area contributed by atoms with Gasteiger partial charge in [0.25, 0.3) is 5.91 Å². The van der Waals surface area contributed by atoms with Gasteiger partial charge in [-0.05, 0) is 25.0 Å². The first-order valence-electron chi connectivity index (χ1n) is 6.77. The predicted octanol–water partition coefficient (Wildman–Crippen LogP) is 1.76. The molecule has 1 amide bonds. The van der Waals surface area contributed by atoms with Crippen LogP contribution in [0, 0.1) is 0 Å². The Morgan fingerprint density at radius 2 is 2.42 bits per heavy atom. The van der Waals surface area contributed by atoms with Crippen LogP contribution in [0.1, 0.15) is 30.3 Å². The fourth-order valence-corrected chi connectivity index (χ4v) is 2.17. The van der Waals surface area contributed by atoms with Gasteiger partial charge in [0.1, 0.15) is 11.5 Å². The van der Waals surface area contributed by atoms with E-state index in [-0.39, 0.29) is 12.0 Å². The number of amides is 1. The highest BCUT2D eigenvalue weighted by Crippen LogP contribution is 2.15. The van der Waals surface area contributed by atoms with Crippen LogP contribution in [-0.4, -0.2) is 48.6 Å². The third-order valence-electron chi connectivity index (χ3n) is 3.29. The van der Waals surface area contributed by atoms with Crippen LogP contribution in [0.15, 0.2) is 18.2 Å². The molecule has 1 aromatic heterocycles. The van der Waals surface area contributed by atoms with Gasteiger partial charge in [0.15, 0.2) is 0 Å². The van der Waals surface area contributed by atoms with Crippen LogP contribution in [-0.2, 0) is 4.74 Å². The van der Waals surface area contributed by atoms with Gasteiger partial charge < -0.3 is 15.0 Å². The van der Waals surface area contributed by atoms with E-state index < -0.39 is 0 Å². The van der Waals surface area contributed by atoms with Gasteiger partial charge in [-0.15, -0.1) is 0 Å². The quantitative estimate of drug-likeness (QED) is 0.879. The summed E-state index contributed by atoms with van der Waals surface area (Å²) in [5.74, 6) is 0.745. The zero-order valence-corrected chi connectivity index (χ0v) is 11.6. The van der Waals surface area contributed by atoms with Gasteiger partial charge in [0.2, 0.25) is 0 Å². The average molecular weight is 263 g/mol. The van der Waals surface area contributed by atoms with Crippen molar-refractivity contribution in [1.29, 1.82) is 0 Å². The molecule has 1 aliphatic rings. The van der Waals surface area contributed by atoms with E-state index in [4.69, 9.17) is 4.74 Å². The minimum Gasteiger partial charge on any atom is -0.380 e. The number of anilines is 1. The standard InChI is InChI=1S/C14H21N3O2/c1-3-8-15-13-6-4-5-12(16-13)14(18)17-9-7-11(10-17)19-2/h4-6,11H,3,7-10H2,1-2H3,(H,15,16). The van der Waals surface area contributed by atoms with Crippen LogP contribution >= 0.6 is 0 Å². The fourth-order valence-electron chi connectivity index (χ4n) is 2.17. The summed E-state index contributed by atoms with van der Waals surface area (Å²) >= 11 is 0. The summed E-state index contributed by atoms with van der Waals surface area (Å²) in [6.07, 6.45) is 2.09. The Bertz CT molecular complexity index is 436. The topological polar surface area (TPSA) is 54.5 Å². The second kappa shape index (κ2) is 6.52. The monoisotopic (exact) mass is 263 g/mol. The van der Waals surface area contributed by atoms with Gasteiger partial charge >= 0.3 is 0 Å². The Kier molecular flexibility index (Phi) is 4.74. The Morgan fingerprint density at radius 3 is 3.11 bits per heavy atom. The molecule has 1 saturated heterocycles. The molecule has 1 atom stereocenters. The van der Waals surface area contributed by atoms with Gasteiger partial charge in [-0.1, -0.05) is 13.0 Å². The van der Waals surface area contributed by atoms with Gasteiger partial charge in [-0.3, -0.25) is 4.79 Å². The SMILES string of the molecule is CCCNc1cccc(C(=O)N2CCC(OC)C2)n1. The van der Waals surface area contributed by atoms with Crippen molar-refractivity contribution in [1.82, 2.24) is 9.88 Å². The van der Waals surface area contributed by atoms with Crippen molar-refractivity contribution in [3.05, 3.63) is 23.9 Å². The third-order valence-corrected chi connectivity index (χ3v) is 3.29. The van der Waals surface area contributed by atoms with Gasteiger partial charge in [-0.25, -0.2) is 4.98 Å². The lowest BCUT2D eigenvalue weighted by Gasteiger charge is -2.16. The average Bonchev–Trinajstić information content (AvgIpc) is 2.93. The smallest absolute Gasteiger partial charge is 0.272 e. The lowest BCUT2D eigenvalue weighted by atomic mass is 10.3. The molecule has 1 N–H and O–H groups in total. The molecule has 19 heavy (non-hydrogen) atoms. The number of likely N-dealkylation sites (tertiary alicyclic amines) is 1. The highest BCUT2D eigenvalue weighted by atomic mass is 16.5. The number of pyridine rings is 1. The van der Waals surface area contributed by atoms with Crippen LogP contribution in [0.25, 0.3) is 0 Å². The molecule has 0 aromatic carbocycles. The molecule has 0 bridgehead atoms. The Hall–Kier alpha value is -1.62. The summed E-state index contributed by atoms with van der Waals surface area (Å²) in [6.45, 7) is 4.35. The molecule has 2 heterocycles. The van der Waals surface area contributed by atoms with Crippen molar-refractivity contribution in [2.24, 2.45) is 0 Å². The zero-order chi connectivity index (χ0) is 13.7.